The number of hydrogen-bond donors (Lipinski definition) is 0. The molecule has 0 aromatic heterocycles. The van der Waals surface area contributed by atoms with Crippen LogP contribution in [0.25, 0.3) is 0 Å². The Hall–Kier alpha value is 0.0300. The molecule has 0 amide bonds. The number of unbranched alkanes of at least 4 members (excludes halogenated alkanes) is 25. The summed E-state index contributed by atoms with van der Waals surface area (Å²) in [6.07, 6.45) is 35.8. The van der Waals surface area contributed by atoms with Crippen molar-refractivity contribution in [3.05, 3.63) is 0 Å². The molecule has 0 N–H and O–H groups in total. The van der Waals surface area contributed by atoms with Gasteiger partial charge in [0.05, 0.1) is 27.7 Å². The fourth-order valence-corrected chi connectivity index (χ4v) is 6.08. The molecule has 0 heterocycles. The average molecular weight is 682 g/mol. The van der Waals surface area contributed by atoms with E-state index in [1.54, 1.807) is 0 Å². The van der Waals surface area contributed by atoms with Crippen LogP contribution in [-0.4, -0.2) is 50.6 Å². The van der Waals surface area contributed by atoms with Gasteiger partial charge in [0, 0.05) is 6.42 Å². The zero-order chi connectivity index (χ0) is 33.9. The topological polar surface area (TPSA) is 75.7 Å². The zero-order valence-corrected chi connectivity index (χ0v) is 32.4. The van der Waals surface area contributed by atoms with Gasteiger partial charge < -0.3 is 18.4 Å². The van der Waals surface area contributed by atoms with Gasteiger partial charge in [-0.05, 0) is 24.4 Å². The Morgan fingerprint density at radius 3 is 1.13 bits per heavy atom. The highest BCUT2D eigenvalue weighted by molar-refractivity contribution is 7.45. The van der Waals surface area contributed by atoms with Gasteiger partial charge in [0.25, 0.3) is 7.82 Å². The molecule has 0 aliphatic rings. The number of hydrogen-bond acceptors (Lipinski definition) is 5. The molecule has 45 heavy (non-hydrogen) atoms. The van der Waals surface area contributed by atoms with Crippen LogP contribution < -0.4 is 4.89 Å². The fourth-order valence-electron chi connectivity index (χ4n) is 5.22. The van der Waals surface area contributed by atoms with E-state index in [9.17, 15) is 14.3 Å². The Labute approximate surface area is 286 Å². The maximum Gasteiger partial charge on any atom is 0.268 e. The standard InChI is InChI=1S/C21H46NO4P.C16H31ClO/c1-5-6-7-8-9-10-11-12-13-14-15-16-17-18-20-25-27(23,24)26-21-19-22(2,3)4;1-2-3-4-5-6-7-8-9-10-11-12-13-14-15-16(17)18/h5-21H2,1-4H3;2-15H2,1H3. The summed E-state index contributed by atoms with van der Waals surface area (Å²) in [6.45, 7) is 5.57. The lowest BCUT2D eigenvalue weighted by Gasteiger charge is -2.27. The van der Waals surface area contributed by atoms with E-state index < -0.39 is 7.82 Å². The van der Waals surface area contributed by atoms with Crippen molar-refractivity contribution in [2.45, 2.75) is 194 Å². The van der Waals surface area contributed by atoms with Crippen molar-refractivity contribution in [1.82, 2.24) is 0 Å². The van der Waals surface area contributed by atoms with Crippen molar-refractivity contribution in [2.24, 2.45) is 0 Å². The van der Waals surface area contributed by atoms with Crippen LogP contribution in [0.4, 0.5) is 0 Å². The monoisotopic (exact) mass is 682 g/mol. The molecule has 272 valence electrons. The van der Waals surface area contributed by atoms with E-state index in [1.165, 1.54) is 141 Å². The molecule has 0 saturated carbocycles. The van der Waals surface area contributed by atoms with E-state index in [-0.39, 0.29) is 18.5 Å². The number of carbonyl (C=O) groups is 1. The van der Waals surface area contributed by atoms with E-state index in [4.69, 9.17) is 20.6 Å². The third-order valence-corrected chi connectivity index (χ3v) is 9.42. The Morgan fingerprint density at radius 2 is 0.822 bits per heavy atom. The lowest BCUT2D eigenvalue weighted by Crippen LogP contribution is -2.37. The minimum Gasteiger partial charge on any atom is -0.756 e. The number of likely N-dealkylation sites (N-methyl/N-ethyl adjacent to an activating group) is 1. The maximum atomic E-state index is 11.6. The van der Waals surface area contributed by atoms with Crippen LogP contribution in [0.2, 0.25) is 0 Å². The van der Waals surface area contributed by atoms with Crippen LogP contribution >= 0.6 is 19.4 Å². The summed E-state index contributed by atoms with van der Waals surface area (Å²) < 4.78 is 22.1. The smallest absolute Gasteiger partial charge is 0.268 e. The van der Waals surface area contributed by atoms with Crippen LogP contribution in [0.15, 0.2) is 0 Å². The maximum absolute atomic E-state index is 11.6. The first-order valence-corrected chi connectivity index (χ1v) is 21.0. The first kappa shape index (κ1) is 47.1. The number of halogens is 1. The molecule has 0 aromatic carbocycles. The summed E-state index contributed by atoms with van der Waals surface area (Å²) in [7, 11) is 1.86. The number of phosphoric ester groups is 1. The minimum atomic E-state index is -4.13. The molecule has 0 saturated heterocycles. The second-order valence-electron chi connectivity index (χ2n) is 14.1. The third-order valence-electron chi connectivity index (χ3n) is 8.24. The first-order chi connectivity index (χ1) is 21.5. The summed E-state index contributed by atoms with van der Waals surface area (Å²) in [5.41, 5.74) is 0. The lowest BCUT2D eigenvalue weighted by atomic mass is 10.0. The van der Waals surface area contributed by atoms with Crippen LogP contribution in [0.3, 0.4) is 0 Å². The van der Waals surface area contributed by atoms with Crippen molar-refractivity contribution in [2.75, 3.05) is 40.9 Å². The summed E-state index contributed by atoms with van der Waals surface area (Å²) in [5, 5.41) is -0.182. The van der Waals surface area contributed by atoms with E-state index in [1.807, 2.05) is 21.1 Å². The number of rotatable bonds is 34. The number of phosphoric acid groups is 1. The highest BCUT2D eigenvalue weighted by Gasteiger charge is 2.13. The van der Waals surface area contributed by atoms with Crippen LogP contribution in [-0.2, 0) is 18.4 Å². The molecule has 0 aliphatic heterocycles. The number of nitrogens with zero attached hydrogens (tertiary/aromatic N) is 1. The van der Waals surface area contributed by atoms with E-state index >= 15 is 0 Å². The zero-order valence-electron chi connectivity index (χ0n) is 30.7. The molecule has 0 spiro atoms. The normalized spacial score (nSPS) is 13.0. The number of quaternary nitrogens is 1. The van der Waals surface area contributed by atoms with Crippen molar-refractivity contribution in [1.29, 1.82) is 0 Å². The molecule has 6 nitrogen and oxygen atoms in total. The minimum absolute atomic E-state index is 0.170. The molecule has 0 aromatic rings. The fraction of sp³-hybridized carbons (Fsp3) is 0.973. The Bertz CT molecular complexity index is 659. The van der Waals surface area contributed by atoms with Crippen LogP contribution in [0.5, 0.6) is 0 Å². The summed E-state index contributed by atoms with van der Waals surface area (Å²) >= 11 is 5.28. The van der Waals surface area contributed by atoms with Crippen molar-refractivity contribution in [3.8, 4) is 0 Å². The Morgan fingerprint density at radius 1 is 0.533 bits per heavy atom. The van der Waals surface area contributed by atoms with Crippen molar-refractivity contribution in [3.63, 3.8) is 0 Å². The first-order valence-electron chi connectivity index (χ1n) is 19.1. The largest absolute Gasteiger partial charge is 0.756 e. The lowest BCUT2D eigenvalue weighted by molar-refractivity contribution is -0.870. The molecule has 0 bridgehead atoms. The second-order valence-corrected chi connectivity index (χ2v) is 15.9. The van der Waals surface area contributed by atoms with E-state index in [0.29, 0.717) is 17.4 Å². The van der Waals surface area contributed by atoms with E-state index in [2.05, 4.69) is 13.8 Å². The van der Waals surface area contributed by atoms with Crippen LogP contribution in [0.1, 0.15) is 194 Å². The molecule has 1 atom stereocenters. The van der Waals surface area contributed by atoms with Gasteiger partial charge in [0.1, 0.15) is 13.2 Å². The van der Waals surface area contributed by atoms with Crippen molar-refractivity contribution < 1.29 is 27.8 Å². The van der Waals surface area contributed by atoms with Gasteiger partial charge in [-0.2, -0.15) is 0 Å². The molecule has 0 radical (unpaired) electrons. The van der Waals surface area contributed by atoms with Gasteiger partial charge in [-0.1, -0.05) is 174 Å². The van der Waals surface area contributed by atoms with Gasteiger partial charge in [-0.15, -0.1) is 0 Å². The Kier molecular flexibility index (Phi) is 37.0. The molecule has 0 fully saturated rings. The Balaban J connectivity index is 0. The predicted octanol–water partition coefficient (Wildman–Crippen LogP) is 11.9. The molecule has 1 unspecified atom stereocenters. The van der Waals surface area contributed by atoms with Gasteiger partial charge in [0.2, 0.25) is 5.24 Å². The summed E-state index contributed by atoms with van der Waals surface area (Å²) in [5.74, 6) is 0. The number of carbonyl (C=O) groups excluding carboxylic acids is 1. The summed E-state index contributed by atoms with van der Waals surface area (Å²) in [4.78, 5) is 22.1. The highest BCUT2D eigenvalue weighted by Crippen LogP contribution is 2.38. The molecular formula is C37H77ClNO5P. The van der Waals surface area contributed by atoms with Gasteiger partial charge >= 0.3 is 0 Å². The van der Waals surface area contributed by atoms with Gasteiger partial charge in [-0.25, -0.2) is 0 Å². The average Bonchev–Trinajstić information content (AvgIpc) is 2.97. The quantitative estimate of drug-likeness (QED) is 0.0292. The van der Waals surface area contributed by atoms with Crippen LogP contribution in [0, 0.1) is 0 Å². The van der Waals surface area contributed by atoms with Gasteiger partial charge in [0.15, 0.2) is 0 Å². The van der Waals surface area contributed by atoms with Crippen molar-refractivity contribution >= 4 is 24.7 Å². The molecule has 0 rings (SSSR count). The second kappa shape index (κ2) is 35.3. The predicted molar refractivity (Wildman–Crippen MR) is 194 cm³/mol. The summed E-state index contributed by atoms with van der Waals surface area (Å²) in [6, 6.07) is 0. The SMILES string of the molecule is CCCCCCCCCCCCCCCC(=O)Cl.CCCCCCCCCCCCCCCCOP(=O)([O-])OCC[N+](C)(C)C. The molecular weight excluding hydrogens is 605 g/mol. The van der Waals surface area contributed by atoms with Gasteiger partial charge in [-0.3, -0.25) is 9.36 Å². The highest BCUT2D eigenvalue weighted by atomic mass is 35.5. The molecule has 8 heteroatoms. The third kappa shape index (κ3) is 46.2. The molecule has 0 aliphatic carbocycles. The van der Waals surface area contributed by atoms with E-state index in [0.717, 1.165) is 32.1 Å².